The number of nitrogens with zero attached hydrogens (tertiary/aromatic N) is 1. The number of aromatic nitrogens is 1. The summed E-state index contributed by atoms with van der Waals surface area (Å²) in [5, 5.41) is 1.89. The van der Waals surface area contributed by atoms with E-state index in [-0.39, 0.29) is 6.42 Å². The number of thiophene rings is 1. The second-order valence-electron chi connectivity index (χ2n) is 7.39. The van der Waals surface area contributed by atoms with Gasteiger partial charge in [0.15, 0.2) is 0 Å². The fraction of sp³-hybridized carbons (Fsp3) is 0.227. The van der Waals surface area contributed by atoms with Crippen molar-refractivity contribution in [3.63, 3.8) is 0 Å². The molecular formula is C22H18F3NS. The van der Waals surface area contributed by atoms with Crippen LogP contribution in [0, 0.1) is 5.41 Å². The van der Waals surface area contributed by atoms with Crippen LogP contribution in [-0.2, 0) is 6.42 Å². The summed E-state index contributed by atoms with van der Waals surface area (Å²) in [5.74, 6) is 0. The van der Waals surface area contributed by atoms with Gasteiger partial charge in [0.2, 0.25) is 0 Å². The van der Waals surface area contributed by atoms with Crippen molar-refractivity contribution in [2.75, 3.05) is 0 Å². The SMILES string of the molecule is CC(C)(Cc1cc(-c2cc3ccccc3s2)nc2ccccc12)C(F)(F)F. The normalized spacial score (nSPS) is 12.8. The molecule has 0 atom stereocenters. The molecule has 2 heterocycles. The third-order valence-corrected chi connectivity index (χ3v) is 6.02. The van der Waals surface area contributed by atoms with Gasteiger partial charge in [0.05, 0.1) is 21.5 Å². The first-order valence-corrected chi connectivity index (χ1v) is 9.51. The van der Waals surface area contributed by atoms with E-state index in [4.69, 9.17) is 4.98 Å². The summed E-state index contributed by atoms with van der Waals surface area (Å²) in [5.41, 5.74) is 0.313. The number of rotatable bonds is 3. The van der Waals surface area contributed by atoms with Crippen LogP contribution in [0.15, 0.2) is 60.7 Å². The highest BCUT2D eigenvalue weighted by atomic mass is 32.1. The summed E-state index contributed by atoms with van der Waals surface area (Å²) >= 11 is 1.61. The summed E-state index contributed by atoms with van der Waals surface area (Å²) in [6.45, 7) is 2.50. The van der Waals surface area contributed by atoms with Crippen LogP contribution in [-0.4, -0.2) is 11.2 Å². The smallest absolute Gasteiger partial charge is 0.247 e. The van der Waals surface area contributed by atoms with Crippen molar-refractivity contribution in [2.24, 2.45) is 5.41 Å². The van der Waals surface area contributed by atoms with E-state index < -0.39 is 11.6 Å². The lowest BCUT2D eigenvalue weighted by atomic mass is 9.84. The van der Waals surface area contributed by atoms with Crippen LogP contribution >= 0.6 is 11.3 Å². The van der Waals surface area contributed by atoms with Gasteiger partial charge >= 0.3 is 6.18 Å². The van der Waals surface area contributed by atoms with Gasteiger partial charge in [-0.25, -0.2) is 4.98 Å². The van der Waals surface area contributed by atoms with Crippen LogP contribution in [0.25, 0.3) is 31.6 Å². The molecule has 5 heteroatoms. The molecule has 4 rings (SSSR count). The molecule has 0 unspecified atom stereocenters. The number of pyridine rings is 1. The van der Waals surface area contributed by atoms with Crippen LogP contribution in [0.5, 0.6) is 0 Å². The zero-order valence-electron chi connectivity index (χ0n) is 15.0. The highest BCUT2D eigenvalue weighted by molar-refractivity contribution is 7.22. The predicted molar refractivity (Wildman–Crippen MR) is 106 cm³/mol. The molecule has 0 radical (unpaired) electrons. The van der Waals surface area contributed by atoms with E-state index in [1.54, 1.807) is 11.3 Å². The van der Waals surface area contributed by atoms with Gasteiger partial charge in [-0.3, -0.25) is 0 Å². The molecule has 0 aliphatic carbocycles. The molecule has 0 amide bonds. The summed E-state index contributed by atoms with van der Waals surface area (Å²) in [7, 11) is 0. The van der Waals surface area contributed by atoms with E-state index in [2.05, 4.69) is 6.07 Å². The Bertz CT molecular complexity index is 1090. The summed E-state index contributed by atoms with van der Waals surface area (Å²) in [6.07, 6.45) is -4.35. The minimum atomic E-state index is -4.27. The maximum absolute atomic E-state index is 13.5. The van der Waals surface area contributed by atoms with Crippen molar-refractivity contribution >= 4 is 32.3 Å². The summed E-state index contributed by atoms with van der Waals surface area (Å²) in [6, 6.07) is 19.3. The fourth-order valence-corrected chi connectivity index (χ4v) is 4.23. The maximum Gasteiger partial charge on any atom is 0.394 e. The lowest BCUT2D eigenvalue weighted by molar-refractivity contribution is -0.210. The van der Waals surface area contributed by atoms with Crippen LogP contribution in [0.1, 0.15) is 19.4 Å². The lowest BCUT2D eigenvalue weighted by Crippen LogP contribution is -2.34. The van der Waals surface area contributed by atoms with E-state index >= 15 is 0 Å². The molecular weight excluding hydrogens is 367 g/mol. The van der Waals surface area contributed by atoms with Gasteiger partial charge in [-0.1, -0.05) is 50.2 Å². The number of hydrogen-bond donors (Lipinski definition) is 0. The van der Waals surface area contributed by atoms with Crippen molar-refractivity contribution in [1.29, 1.82) is 0 Å². The number of alkyl halides is 3. The fourth-order valence-electron chi connectivity index (χ4n) is 3.20. The maximum atomic E-state index is 13.5. The van der Waals surface area contributed by atoms with Crippen molar-refractivity contribution in [2.45, 2.75) is 26.4 Å². The minimum Gasteiger partial charge on any atom is -0.247 e. The van der Waals surface area contributed by atoms with Crippen molar-refractivity contribution in [3.8, 4) is 10.6 Å². The number of benzene rings is 2. The van der Waals surface area contributed by atoms with E-state index in [1.807, 2.05) is 54.6 Å². The number of para-hydroxylation sites is 1. The van der Waals surface area contributed by atoms with Crippen molar-refractivity contribution in [1.82, 2.24) is 4.98 Å². The van der Waals surface area contributed by atoms with Crippen LogP contribution in [0.2, 0.25) is 0 Å². The molecule has 1 nitrogen and oxygen atoms in total. The number of halogens is 3. The Morgan fingerprint density at radius 1 is 0.926 bits per heavy atom. The second-order valence-corrected chi connectivity index (χ2v) is 8.47. The number of hydrogen-bond acceptors (Lipinski definition) is 2. The first-order valence-electron chi connectivity index (χ1n) is 8.69. The molecule has 0 bridgehead atoms. The highest BCUT2D eigenvalue weighted by Crippen LogP contribution is 2.42. The Labute approximate surface area is 159 Å². The van der Waals surface area contributed by atoms with E-state index in [0.717, 1.165) is 31.6 Å². The molecule has 0 aliphatic rings. The Morgan fingerprint density at radius 3 is 2.37 bits per heavy atom. The van der Waals surface area contributed by atoms with Gasteiger partial charge in [-0.15, -0.1) is 11.3 Å². The Balaban J connectivity index is 1.88. The first-order chi connectivity index (χ1) is 12.7. The summed E-state index contributed by atoms with van der Waals surface area (Å²) in [4.78, 5) is 5.69. The molecule has 0 spiro atoms. The molecule has 0 fully saturated rings. The Morgan fingerprint density at radius 2 is 1.63 bits per heavy atom. The predicted octanol–water partition coefficient (Wildman–Crippen LogP) is 7.25. The van der Waals surface area contributed by atoms with E-state index in [9.17, 15) is 13.2 Å². The molecule has 2 aromatic heterocycles. The molecule has 0 saturated heterocycles. The van der Waals surface area contributed by atoms with E-state index in [0.29, 0.717) is 5.56 Å². The largest absolute Gasteiger partial charge is 0.394 e. The Kier molecular flexibility index (Phi) is 4.22. The minimum absolute atomic E-state index is 0.0859. The zero-order chi connectivity index (χ0) is 19.2. The Hall–Kier alpha value is -2.40. The van der Waals surface area contributed by atoms with Crippen LogP contribution < -0.4 is 0 Å². The first kappa shape index (κ1) is 18.0. The third kappa shape index (κ3) is 3.32. The van der Waals surface area contributed by atoms with E-state index in [1.165, 1.54) is 13.8 Å². The monoisotopic (exact) mass is 385 g/mol. The standard InChI is InChI=1S/C22H18F3NS/c1-21(2,22(23,24)25)13-15-11-18(26-17-9-5-4-8-16(15)17)20-12-14-7-3-6-10-19(14)27-20/h3-12H,13H2,1-2H3. The van der Waals surface area contributed by atoms with Gasteiger partial charge in [-0.05, 0) is 41.6 Å². The number of fused-ring (bicyclic) bond motifs is 2. The molecule has 0 aliphatic heterocycles. The molecule has 2 aromatic carbocycles. The van der Waals surface area contributed by atoms with Crippen LogP contribution in [0.4, 0.5) is 13.2 Å². The average molecular weight is 385 g/mol. The van der Waals surface area contributed by atoms with Crippen molar-refractivity contribution < 1.29 is 13.2 Å². The zero-order valence-corrected chi connectivity index (χ0v) is 15.8. The van der Waals surface area contributed by atoms with Gasteiger partial charge in [-0.2, -0.15) is 13.2 Å². The second kappa shape index (κ2) is 6.34. The summed E-state index contributed by atoms with van der Waals surface area (Å²) < 4.78 is 41.5. The van der Waals surface area contributed by atoms with Gasteiger partial charge in [0.25, 0.3) is 0 Å². The molecule has 138 valence electrons. The quantitative estimate of drug-likeness (QED) is 0.362. The topological polar surface area (TPSA) is 12.9 Å². The third-order valence-electron chi connectivity index (χ3n) is 4.88. The highest BCUT2D eigenvalue weighted by Gasteiger charge is 2.47. The average Bonchev–Trinajstić information content (AvgIpc) is 3.04. The lowest BCUT2D eigenvalue weighted by Gasteiger charge is -2.28. The van der Waals surface area contributed by atoms with Gasteiger partial charge in [0.1, 0.15) is 0 Å². The van der Waals surface area contributed by atoms with Crippen LogP contribution in [0.3, 0.4) is 0 Å². The molecule has 4 aromatic rings. The van der Waals surface area contributed by atoms with Crippen molar-refractivity contribution in [3.05, 3.63) is 66.2 Å². The molecule has 0 saturated carbocycles. The molecule has 27 heavy (non-hydrogen) atoms. The van der Waals surface area contributed by atoms with Gasteiger partial charge in [0, 0.05) is 10.1 Å². The van der Waals surface area contributed by atoms with Gasteiger partial charge < -0.3 is 0 Å². The molecule has 0 N–H and O–H groups in total.